The molecule has 2 aromatic heterocycles. The van der Waals surface area contributed by atoms with E-state index in [1.54, 1.807) is 24.5 Å². The Balaban J connectivity index is 1.45. The molecule has 3 heterocycles. The molecule has 0 amide bonds. The highest BCUT2D eigenvalue weighted by atomic mass is 35.5. The fraction of sp³-hybridized carbons (Fsp3) is 0.292. The van der Waals surface area contributed by atoms with Gasteiger partial charge in [-0.15, -0.1) is 5.10 Å². The van der Waals surface area contributed by atoms with Crippen LogP contribution >= 0.6 is 23.2 Å². The summed E-state index contributed by atoms with van der Waals surface area (Å²) < 4.78 is 42.5. The highest BCUT2D eigenvalue weighted by molar-refractivity contribution is 7.90. The Bertz CT molecular complexity index is 1590. The summed E-state index contributed by atoms with van der Waals surface area (Å²) in [4.78, 5) is 12.9. The summed E-state index contributed by atoms with van der Waals surface area (Å²) in [6, 6.07) is 8.82. The van der Waals surface area contributed by atoms with E-state index in [9.17, 15) is 12.8 Å². The lowest BCUT2D eigenvalue weighted by Crippen LogP contribution is -2.56. The molecule has 2 aromatic carbocycles. The topological polar surface area (TPSA) is 84.2 Å². The van der Waals surface area contributed by atoms with E-state index in [-0.39, 0.29) is 21.0 Å². The third-order valence-corrected chi connectivity index (χ3v) is 8.91. The Morgan fingerprint density at radius 2 is 1.72 bits per heavy atom. The molecule has 0 bridgehead atoms. The maximum absolute atomic E-state index is 14.4. The van der Waals surface area contributed by atoms with E-state index in [2.05, 4.69) is 24.9 Å². The second kappa shape index (κ2) is 8.29. The zero-order chi connectivity index (χ0) is 25.2. The SMILES string of the molecule is Cc1ccc(S(=O)(=O)n2nc(N3CCN(c4ncc(Cl)cn4)CC34CC4)c3c(Cl)cc(F)cc32)cc1. The predicted molar refractivity (Wildman–Crippen MR) is 137 cm³/mol. The van der Waals surface area contributed by atoms with Crippen molar-refractivity contribution in [2.75, 3.05) is 29.4 Å². The molecule has 6 rings (SSSR count). The zero-order valence-corrected chi connectivity index (χ0v) is 21.5. The van der Waals surface area contributed by atoms with Crippen molar-refractivity contribution in [1.82, 2.24) is 19.2 Å². The van der Waals surface area contributed by atoms with Gasteiger partial charge in [-0.2, -0.15) is 12.5 Å². The molecule has 1 saturated carbocycles. The van der Waals surface area contributed by atoms with Gasteiger partial charge in [0.05, 0.1) is 43.8 Å². The molecule has 1 saturated heterocycles. The predicted octanol–water partition coefficient (Wildman–Crippen LogP) is 4.68. The molecule has 0 unspecified atom stereocenters. The smallest absolute Gasteiger partial charge is 0.283 e. The molecule has 0 atom stereocenters. The van der Waals surface area contributed by atoms with Crippen molar-refractivity contribution in [2.24, 2.45) is 0 Å². The number of hydrogen-bond acceptors (Lipinski definition) is 7. The minimum Gasteiger partial charge on any atom is -0.345 e. The Kier molecular flexibility index (Phi) is 5.40. The molecule has 12 heteroatoms. The minimum absolute atomic E-state index is 0.0651. The first-order chi connectivity index (χ1) is 17.2. The molecule has 2 fully saturated rings. The van der Waals surface area contributed by atoms with Crippen LogP contribution in [0.5, 0.6) is 0 Å². The number of anilines is 2. The fourth-order valence-corrected chi connectivity index (χ4v) is 6.47. The lowest BCUT2D eigenvalue weighted by atomic mass is 10.1. The van der Waals surface area contributed by atoms with Gasteiger partial charge in [-0.25, -0.2) is 14.4 Å². The number of halogens is 3. The van der Waals surface area contributed by atoms with Crippen molar-refractivity contribution in [1.29, 1.82) is 0 Å². The number of rotatable bonds is 4. The number of piperazine rings is 1. The first-order valence-electron chi connectivity index (χ1n) is 11.4. The molecular formula is C24H21Cl2FN6O2S. The van der Waals surface area contributed by atoms with Crippen LogP contribution in [0.25, 0.3) is 10.9 Å². The second-order valence-corrected chi connectivity index (χ2v) is 11.9. The lowest BCUT2D eigenvalue weighted by Gasteiger charge is -2.42. The third-order valence-electron chi connectivity index (χ3n) is 6.82. The number of nitrogens with zero attached hydrogens (tertiary/aromatic N) is 6. The van der Waals surface area contributed by atoms with Crippen LogP contribution in [0.15, 0.2) is 53.7 Å². The van der Waals surface area contributed by atoms with Crippen LogP contribution in [0.3, 0.4) is 0 Å². The largest absolute Gasteiger partial charge is 0.345 e. The lowest BCUT2D eigenvalue weighted by molar-refractivity contribution is 0.498. The average Bonchev–Trinajstić information content (AvgIpc) is 3.48. The molecule has 1 spiro atoms. The van der Waals surface area contributed by atoms with Crippen molar-refractivity contribution in [2.45, 2.75) is 30.2 Å². The van der Waals surface area contributed by atoms with E-state index >= 15 is 0 Å². The molecule has 0 radical (unpaired) electrons. The molecule has 0 N–H and O–H groups in total. The van der Waals surface area contributed by atoms with Gasteiger partial charge in [0.25, 0.3) is 10.0 Å². The van der Waals surface area contributed by atoms with Crippen molar-refractivity contribution >= 4 is 55.9 Å². The van der Waals surface area contributed by atoms with Crippen LogP contribution in [0.2, 0.25) is 10.0 Å². The van der Waals surface area contributed by atoms with Crippen LogP contribution in [-0.2, 0) is 10.0 Å². The monoisotopic (exact) mass is 546 g/mol. The minimum atomic E-state index is -4.10. The molecular weight excluding hydrogens is 526 g/mol. The molecule has 8 nitrogen and oxygen atoms in total. The second-order valence-electron chi connectivity index (χ2n) is 9.27. The first-order valence-corrected chi connectivity index (χ1v) is 13.6. The Hall–Kier alpha value is -2.95. The van der Waals surface area contributed by atoms with E-state index in [4.69, 9.17) is 23.2 Å². The molecule has 186 valence electrons. The number of aryl methyl sites for hydroxylation is 1. The van der Waals surface area contributed by atoms with E-state index in [1.165, 1.54) is 24.3 Å². The van der Waals surface area contributed by atoms with Crippen molar-refractivity contribution in [3.63, 3.8) is 0 Å². The fourth-order valence-electron chi connectivity index (χ4n) is 4.82. The van der Waals surface area contributed by atoms with Gasteiger partial charge in [0.2, 0.25) is 5.95 Å². The molecule has 2 aliphatic rings. The first kappa shape index (κ1) is 23.4. The highest BCUT2D eigenvalue weighted by Gasteiger charge is 2.53. The van der Waals surface area contributed by atoms with Crippen LogP contribution < -0.4 is 9.80 Å². The summed E-state index contributed by atoms with van der Waals surface area (Å²) in [5.74, 6) is 0.382. The van der Waals surface area contributed by atoms with E-state index < -0.39 is 15.8 Å². The van der Waals surface area contributed by atoms with Gasteiger partial charge >= 0.3 is 0 Å². The van der Waals surface area contributed by atoms with Crippen LogP contribution in [0, 0.1) is 12.7 Å². The third kappa shape index (κ3) is 3.79. The van der Waals surface area contributed by atoms with Gasteiger partial charge in [-0.3, -0.25) is 0 Å². The van der Waals surface area contributed by atoms with E-state index in [0.29, 0.717) is 41.8 Å². The van der Waals surface area contributed by atoms with Gasteiger partial charge in [-0.05, 0) is 38.0 Å². The van der Waals surface area contributed by atoms with E-state index in [1.807, 2.05) is 6.92 Å². The molecule has 36 heavy (non-hydrogen) atoms. The van der Waals surface area contributed by atoms with Gasteiger partial charge < -0.3 is 9.80 Å². The molecule has 1 aliphatic heterocycles. The summed E-state index contributed by atoms with van der Waals surface area (Å²) in [6.45, 7) is 3.63. The van der Waals surface area contributed by atoms with E-state index in [0.717, 1.165) is 22.5 Å². The van der Waals surface area contributed by atoms with Crippen molar-refractivity contribution < 1.29 is 12.8 Å². The number of hydrogen-bond donors (Lipinski definition) is 0. The van der Waals surface area contributed by atoms with Crippen LogP contribution in [0.4, 0.5) is 16.2 Å². The van der Waals surface area contributed by atoms with Crippen molar-refractivity contribution in [3.05, 3.63) is 70.2 Å². The standard InChI is InChI=1S/C24H21Cl2FN6O2S/c1-15-2-4-18(5-3-15)36(34,35)33-20-11-17(27)10-19(26)21(20)22(30-33)32-9-8-31(14-24(32)6-7-24)23-28-12-16(25)13-29-23/h2-5,10-13H,6-9,14H2,1H3. The maximum atomic E-state index is 14.4. The highest BCUT2D eigenvalue weighted by Crippen LogP contribution is 2.49. The quantitative estimate of drug-likeness (QED) is 0.367. The van der Waals surface area contributed by atoms with Gasteiger partial charge in [0.1, 0.15) is 5.82 Å². The number of fused-ring (bicyclic) bond motifs is 1. The van der Waals surface area contributed by atoms with Crippen LogP contribution in [0.1, 0.15) is 18.4 Å². The summed E-state index contributed by atoms with van der Waals surface area (Å²) in [5, 5.41) is 5.56. The number of aromatic nitrogens is 4. The van der Waals surface area contributed by atoms with Gasteiger partial charge in [-0.1, -0.05) is 40.9 Å². The van der Waals surface area contributed by atoms with Crippen LogP contribution in [-0.4, -0.2) is 52.7 Å². The summed E-state index contributed by atoms with van der Waals surface area (Å²) >= 11 is 12.5. The Morgan fingerprint density at radius 3 is 2.39 bits per heavy atom. The average molecular weight is 547 g/mol. The number of benzene rings is 2. The Morgan fingerprint density at radius 1 is 1.03 bits per heavy atom. The summed E-state index contributed by atoms with van der Waals surface area (Å²) in [7, 11) is -4.10. The van der Waals surface area contributed by atoms with Crippen molar-refractivity contribution in [3.8, 4) is 0 Å². The zero-order valence-electron chi connectivity index (χ0n) is 19.2. The summed E-state index contributed by atoms with van der Waals surface area (Å²) in [5.41, 5.74) is 0.751. The molecule has 4 aromatic rings. The Labute approximate surface area is 217 Å². The molecule has 1 aliphatic carbocycles. The van der Waals surface area contributed by atoms with Gasteiger partial charge in [0.15, 0.2) is 5.82 Å². The normalized spacial score (nSPS) is 17.2. The van der Waals surface area contributed by atoms with Gasteiger partial charge in [0, 0.05) is 25.7 Å². The maximum Gasteiger partial charge on any atom is 0.283 e. The summed E-state index contributed by atoms with van der Waals surface area (Å²) in [6.07, 6.45) is 4.90.